The molecule has 0 aliphatic rings. The van der Waals surface area contributed by atoms with Gasteiger partial charge in [0.2, 0.25) is 5.95 Å². The third-order valence-electron chi connectivity index (χ3n) is 3.72. The van der Waals surface area contributed by atoms with E-state index in [1.165, 1.54) is 11.1 Å². The van der Waals surface area contributed by atoms with Gasteiger partial charge in [0.15, 0.2) is 0 Å². The Hall–Kier alpha value is -2.95. The Morgan fingerprint density at radius 3 is 2.42 bits per heavy atom. The SMILES string of the molecule is C(/Cc1ccccc1)=N\Nc1ncnn1CCCc1ccccc1. The first-order valence-corrected chi connectivity index (χ1v) is 8.15. The summed E-state index contributed by atoms with van der Waals surface area (Å²) < 4.78 is 1.85. The second-order valence-corrected chi connectivity index (χ2v) is 5.51. The maximum absolute atomic E-state index is 4.25. The first-order chi connectivity index (χ1) is 11.9. The average Bonchev–Trinajstić information content (AvgIpc) is 3.08. The number of benzene rings is 2. The van der Waals surface area contributed by atoms with Gasteiger partial charge in [0, 0.05) is 19.2 Å². The van der Waals surface area contributed by atoms with Crippen molar-refractivity contribution in [3.8, 4) is 0 Å². The van der Waals surface area contributed by atoms with Gasteiger partial charge in [-0.2, -0.15) is 15.2 Å². The summed E-state index contributed by atoms with van der Waals surface area (Å²) in [7, 11) is 0. The zero-order chi connectivity index (χ0) is 16.5. The minimum absolute atomic E-state index is 0.673. The van der Waals surface area contributed by atoms with Gasteiger partial charge in [-0.1, -0.05) is 60.7 Å². The van der Waals surface area contributed by atoms with Crippen molar-refractivity contribution in [3.63, 3.8) is 0 Å². The van der Waals surface area contributed by atoms with Crippen LogP contribution in [0.25, 0.3) is 0 Å². The van der Waals surface area contributed by atoms with E-state index < -0.39 is 0 Å². The fourth-order valence-electron chi connectivity index (χ4n) is 2.46. The van der Waals surface area contributed by atoms with Crippen LogP contribution < -0.4 is 5.43 Å². The molecule has 0 atom stereocenters. The normalized spacial score (nSPS) is 11.0. The number of nitrogens with zero attached hydrogens (tertiary/aromatic N) is 4. The lowest BCUT2D eigenvalue weighted by molar-refractivity contribution is 0.583. The lowest BCUT2D eigenvalue weighted by Crippen LogP contribution is -2.06. The smallest absolute Gasteiger partial charge is 0.241 e. The van der Waals surface area contributed by atoms with E-state index in [1.54, 1.807) is 6.33 Å². The minimum atomic E-state index is 0.673. The Morgan fingerprint density at radius 2 is 1.67 bits per heavy atom. The summed E-state index contributed by atoms with van der Waals surface area (Å²) in [6.07, 6.45) is 6.22. The molecule has 24 heavy (non-hydrogen) atoms. The first kappa shape index (κ1) is 15.9. The van der Waals surface area contributed by atoms with Crippen LogP contribution in [0.3, 0.4) is 0 Å². The van der Waals surface area contributed by atoms with Crippen molar-refractivity contribution in [2.45, 2.75) is 25.8 Å². The molecule has 0 fully saturated rings. The van der Waals surface area contributed by atoms with Crippen molar-refractivity contribution < 1.29 is 0 Å². The standard InChI is InChI=1S/C19H21N5/c1-3-8-17(9-4-1)12-7-15-24-19(20-16-22-24)23-21-14-13-18-10-5-2-6-11-18/h1-6,8-11,14,16H,7,12-13,15H2,(H,20,22,23)/b21-14+. The van der Waals surface area contributed by atoms with Gasteiger partial charge < -0.3 is 0 Å². The minimum Gasteiger partial charge on any atom is -0.246 e. The molecular formula is C19H21N5. The van der Waals surface area contributed by atoms with Crippen LogP contribution in [-0.4, -0.2) is 21.0 Å². The average molecular weight is 319 g/mol. The van der Waals surface area contributed by atoms with Crippen LogP contribution >= 0.6 is 0 Å². The second-order valence-electron chi connectivity index (χ2n) is 5.51. The molecule has 0 spiro atoms. The predicted octanol–water partition coefficient (Wildman–Crippen LogP) is 3.55. The highest BCUT2D eigenvalue weighted by Crippen LogP contribution is 2.07. The summed E-state index contributed by atoms with van der Waals surface area (Å²) in [5.74, 6) is 0.673. The molecular weight excluding hydrogens is 298 g/mol. The molecule has 5 nitrogen and oxygen atoms in total. The maximum Gasteiger partial charge on any atom is 0.241 e. The van der Waals surface area contributed by atoms with Gasteiger partial charge in [-0.25, -0.2) is 10.1 Å². The van der Waals surface area contributed by atoms with E-state index in [4.69, 9.17) is 0 Å². The Bertz CT molecular complexity index is 750. The Kier molecular flexibility index (Phi) is 5.72. The topological polar surface area (TPSA) is 55.1 Å². The van der Waals surface area contributed by atoms with Gasteiger partial charge in [-0.15, -0.1) is 0 Å². The Balaban J connectivity index is 1.46. The zero-order valence-electron chi connectivity index (χ0n) is 13.5. The molecule has 0 aliphatic heterocycles. The summed E-state index contributed by atoms with van der Waals surface area (Å²) in [5, 5.41) is 8.49. The van der Waals surface area contributed by atoms with Crippen LogP contribution in [0.1, 0.15) is 17.5 Å². The van der Waals surface area contributed by atoms with E-state index in [9.17, 15) is 0 Å². The van der Waals surface area contributed by atoms with Crippen LogP contribution in [-0.2, 0) is 19.4 Å². The predicted molar refractivity (Wildman–Crippen MR) is 97.0 cm³/mol. The third kappa shape index (κ3) is 4.78. The van der Waals surface area contributed by atoms with E-state index in [0.717, 1.165) is 25.8 Å². The Labute approximate surface area is 142 Å². The van der Waals surface area contributed by atoms with Gasteiger partial charge in [0.25, 0.3) is 0 Å². The quantitative estimate of drug-likeness (QED) is 0.510. The van der Waals surface area contributed by atoms with Crippen molar-refractivity contribution in [2.24, 2.45) is 5.10 Å². The molecule has 0 aliphatic carbocycles. The van der Waals surface area contributed by atoms with Gasteiger partial charge in [-0.05, 0) is 24.0 Å². The molecule has 3 rings (SSSR count). The van der Waals surface area contributed by atoms with E-state index in [1.807, 2.05) is 35.2 Å². The number of aryl methyl sites for hydroxylation is 2. The molecule has 1 N–H and O–H groups in total. The molecule has 1 heterocycles. The summed E-state index contributed by atoms with van der Waals surface area (Å²) in [4.78, 5) is 4.21. The molecule has 0 saturated carbocycles. The van der Waals surface area contributed by atoms with Gasteiger partial charge >= 0.3 is 0 Å². The summed E-state index contributed by atoms with van der Waals surface area (Å²) in [6, 6.07) is 20.7. The molecule has 122 valence electrons. The fraction of sp³-hybridized carbons (Fsp3) is 0.211. The van der Waals surface area contributed by atoms with Crippen molar-refractivity contribution in [1.82, 2.24) is 14.8 Å². The summed E-state index contributed by atoms with van der Waals surface area (Å²) in [6.45, 7) is 0.811. The lowest BCUT2D eigenvalue weighted by Gasteiger charge is -2.05. The van der Waals surface area contributed by atoms with Gasteiger partial charge in [0.1, 0.15) is 6.33 Å². The van der Waals surface area contributed by atoms with Crippen molar-refractivity contribution in [3.05, 3.63) is 78.1 Å². The maximum atomic E-state index is 4.25. The highest BCUT2D eigenvalue weighted by Gasteiger charge is 2.02. The van der Waals surface area contributed by atoms with Crippen molar-refractivity contribution in [2.75, 3.05) is 5.43 Å². The molecule has 0 radical (unpaired) electrons. The van der Waals surface area contributed by atoms with Crippen LogP contribution in [0, 0.1) is 0 Å². The highest BCUT2D eigenvalue weighted by atomic mass is 15.5. The fourth-order valence-corrected chi connectivity index (χ4v) is 2.46. The first-order valence-electron chi connectivity index (χ1n) is 8.15. The zero-order valence-corrected chi connectivity index (χ0v) is 13.5. The number of nitrogens with one attached hydrogen (secondary N) is 1. The number of hydrazone groups is 1. The number of anilines is 1. The monoisotopic (exact) mass is 319 g/mol. The molecule has 1 aromatic heterocycles. The molecule has 2 aromatic carbocycles. The van der Waals surface area contributed by atoms with E-state index in [-0.39, 0.29) is 0 Å². The highest BCUT2D eigenvalue weighted by molar-refractivity contribution is 5.62. The van der Waals surface area contributed by atoms with Crippen molar-refractivity contribution in [1.29, 1.82) is 0 Å². The van der Waals surface area contributed by atoms with E-state index in [0.29, 0.717) is 5.95 Å². The molecule has 0 saturated heterocycles. The van der Waals surface area contributed by atoms with Crippen LogP contribution in [0.4, 0.5) is 5.95 Å². The largest absolute Gasteiger partial charge is 0.246 e. The second kappa shape index (κ2) is 8.62. The van der Waals surface area contributed by atoms with Crippen molar-refractivity contribution >= 4 is 12.2 Å². The van der Waals surface area contributed by atoms with E-state index in [2.05, 4.69) is 57.0 Å². The third-order valence-corrected chi connectivity index (χ3v) is 3.72. The van der Waals surface area contributed by atoms with Crippen LogP contribution in [0.15, 0.2) is 72.1 Å². The molecule has 3 aromatic rings. The molecule has 0 bridgehead atoms. The van der Waals surface area contributed by atoms with Gasteiger partial charge in [-0.3, -0.25) is 0 Å². The summed E-state index contributed by atoms with van der Waals surface area (Å²) >= 11 is 0. The lowest BCUT2D eigenvalue weighted by atomic mass is 10.1. The molecule has 0 unspecified atom stereocenters. The number of aromatic nitrogens is 3. The van der Waals surface area contributed by atoms with E-state index >= 15 is 0 Å². The number of hydrogen-bond donors (Lipinski definition) is 1. The summed E-state index contributed by atoms with van der Waals surface area (Å²) in [5.41, 5.74) is 5.54. The molecule has 5 heteroatoms. The van der Waals surface area contributed by atoms with Crippen LogP contribution in [0.5, 0.6) is 0 Å². The van der Waals surface area contributed by atoms with Gasteiger partial charge in [0.05, 0.1) is 0 Å². The number of hydrogen-bond acceptors (Lipinski definition) is 4. The number of rotatable bonds is 8. The Morgan fingerprint density at radius 1 is 0.958 bits per heavy atom. The van der Waals surface area contributed by atoms with Crippen LogP contribution in [0.2, 0.25) is 0 Å². The molecule has 0 amide bonds.